The molecule has 2 heterocycles. The van der Waals surface area contributed by atoms with Crippen LogP contribution < -0.4 is 4.78 Å². The Labute approximate surface area is 171 Å². The van der Waals surface area contributed by atoms with Gasteiger partial charge in [0.15, 0.2) is 0 Å². The fraction of sp³-hybridized carbons (Fsp3) is 0.143. The van der Waals surface area contributed by atoms with E-state index < -0.39 is 13.0 Å². The summed E-state index contributed by atoms with van der Waals surface area (Å²) in [5.74, 6) is -0.519. The first kappa shape index (κ1) is 19.4. The van der Waals surface area contributed by atoms with Crippen LogP contribution in [0.25, 0.3) is 22.2 Å². The lowest BCUT2D eigenvalue weighted by atomic mass is 9.89. The maximum absolute atomic E-state index is 11.6. The molecule has 0 aliphatic rings. The third kappa shape index (κ3) is 3.82. The summed E-state index contributed by atoms with van der Waals surface area (Å²) in [6.45, 7) is 1.72. The summed E-state index contributed by atoms with van der Waals surface area (Å²) < 4.78 is 0.366. The number of H-pyrrole nitrogens is 1. The Morgan fingerprint density at radius 3 is 2.55 bits per heavy atom. The first-order chi connectivity index (χ1) is 13.9. The van der Waals surface area contributed by atoms with Gasteiger partial charge in [-0.2, -0.15) is 0 Å². The van der Waals surface area contributed by atoms with Gasteiger partial charge in [0, 0.05) is 31.0 Å². The summed E-state index contributed by atoms with van der Waals surface area (Å²) in [4.78, 5) is 15.4. The zero-order valence-corrected chi connectivity index (χ0v) is 16.5. The average molecular weight is 406 g/mol. The van der Waals surface area contributed by atoms with Crippen molar-refractivity contribution in [3.05, 3.63) is 86.8 Å². The number of thiophene rings is 1. The van der Waals surface area contributed by atoms with Crippen LogP contribution in [0.5, 0.6) is 0 Å². The molecule has 0 radical (unpaired) electrons. The molecule has 0 aliphatic carbocycles. The second kappa shape index (κ2) is 7.83. The van der Waals surface area contributed by atoms with Crippen LogP contribution in [0.1, 0.15) is 21.9 Å². The van der Waals surface area contributed by atoms with E-state index in [4.69, 9.17) is 0 Å². The molecule has 2 aromatic heterocycles. The van der Waals surface area contributed by atoms with Gasteiger partial charge in [0.2, 0.25) is 6.54 Å². The molecule has 0 amide bonds. The molecule has 1 unspecified atom stereocenters. The highest BCUT2D eigenvalue weighted by Gasteiger charge is 2.29. The van der Waals surface area contributed by atoms with Crippen molar-refractivity contribution in [1.82, 2.24) is 4.98 Å². The number of aromatic amines is 1. The maximum atomic E-state index is 11.6. The highest BCUT2D eigenvalue weighted by molar-refractivity contribution is 7.22. The van der Waals surface area contributed by atoms with Crippen LogP contribution in [0.4, 0.5) is 0 Å². The number of rotatable bonds is 6. The van der Waals surface area contributed by atoms with Crippen LogP contribution in [0.2, 0.25) is 0 Å². The molecule has 0 spiro atoms. The Kier molecular flexibility index (Phi) is 5.23. The third-order valence-corrected chi connectivity index (χ3v) is 6.22. The molecule has 2 aromatic carbocycles. The molecular formula is C21H19BN2O4S. The molecule has 146 valence electrons. The molecule has 3 N–H and O–H groups in total. The zero-order valence-electron chi connectivity index (χ0n) is 15.7. The van der Waals surface area contributed by atoms with Crippen molar-refractivity contribution in [2.24, 2.45) is 0 Å². The highest BCUT2D eigenvalue weighted by Crippen LogP contribution is 2.40. The minimum Gasteiger partial charge on any atom is -0.423 e. The predicted octanol–water partition coefficient (Wildman–Crippen LogP) is 3.29. The van der Waals surface area contributed by atoms with Crippen molar-refractivity contribution in [2.75, 3.05) is 6.54 Å². The first-order valence-electron chi connectivity index (χ1n) is 9.19. The van der Waals surface area contributed by atoms with Crippen molar-refractivity contribution < 1.29 is 15.0 Å². The largest absolute Gasteiger partial charge is 0.499 e. The van der Waals surface area contributed by atoms with Gasteiger partial charge in [-0.3, -0.25) is 10.1 Å². The van der Waals surface area contributed by atoms with Crippen LogP contribution in [0, 0.1) is 17.0 Å². The van der Waals surface area contributed by atoms with E-state index in [1.165, 1.54) is 11.3 Å². The molecule has 4 aromatic rings. The van der Waals surface area contributed by atoms with E-state index in [1.54, 1.807) is 12.1 Å². The fourth-order valence-electron chi connectivity index (χ4n) is 3.69. The van der Waals surface area contributed by atoms with Crippen LogP contribution in [-0.2, 0) is 0 Å². The molecule has 1 atom stereocenters. The summed E-state index contributed by atoms with van der Waals surface area (Å²) in [5.41, 5.74) is 4.66. The highest BCUT2D eigenvalue weighted by atomic mass is 32.1. The second-order valence-electron chi connectivity index (χ2n) is 7.01. The number of aromatic nitrogens is 1. The lowest BCUT2D eigenvalue weighted by Crippen LogP contribution is -2.26. The van der Waals surface area contributed by atoms with Gasteiger partial charge in [-0.05, 0) is 30.2 Å². The Balaban J connectivity index is 1.97. The van der Waals surface area contributed by atoms with E-state index in [-0.39, 0.29) is 11.5 Å². The molecule has 4 rings (SSSR count). The van der Waals surface area contributed by atoms with Crippen molar-refractivity contribution in [3.63, 3.8) is 0 Å². The van der Waals surface area contributed by atoms with E-state index in [9.17, 15) is 20.2 Å². The summed E-state index contributed by atoms with van der Waals surface area (Å²) in [7, 11) is -1.59. The number of nitro groups is 1. The molecular weight excluding hydrogens is 387 g/mol. The van der Waals surface area contributed by atoms with Crippen molar-refractivity contribution in [3.8, 4) is 11.3 Å². The zero-order chi connectivity index (χ0) is 20.5. The number of hydrogen-bond acceptors (Lipinski definition) is 5. The molecule has 0 saturated heterocycles. The van der Waals surface area contributed by atoms with Crippen LogP contribution in [-0.4, -0.2) is 33.6 Å². The SMILES string of the molecule is Cc1ccc2c(C(C[N+](=O)[O-])c3ccc(B(O)O)s3)c(-c3ccccc3)[nH]c2c1. The lowest BCUT2D eigenvalue weighted by molar-refractivity contribution is -0.481. The molecule has 6 nitrogen and oxygen atoms in total. The van der Waals surface area contributed by atoms with Crippen molar-refractivity contribution in [1.29, 1.82) is 0 Å². The van der Waals surface area contributed by atoms with E-state index in [1.807, 2.05) is 55.5 Å². The van der Waals surface area contributed by atoms with Gasteiger partial charge in [0.1, 0.15) is 0 Å². The molecule has 8 heteroatoms. The Bertz CT molecular complexity index is 1170. The van der Waals surface area contributed by atoms with E-state index >= 15 is 0 Å². The number of nitrogens with one attached hydrogen (secondary N) is 1. The van der Waals surface area contributed by atoms with Crippen molar-refractivity contribution >= 4 is 34.1 Å². The monoisotopic (exact) mass is 406 g/mol. The Morgan fingerprint density at radius 1 is 1.14 bits per heavy atom. The minimum atomic E-state index is -1.59. The molecule has 29 heavy (non-hydrogen) atoms. The Hall–Kier alpha value is -2.94. The molecule has 0 saturated carbocycles. The fourth-order valence-corrected chi connectivity index (χ4v) is 4.68. The predicted molar refractivity (Wildman–Crippen MR) is 116 cm³/mol. The maximum Gasteiger partial charge on any atom is 0.499 e. The number of nitrogens with zero attached hydrogens (tertiary/aromatic N) is 1. The summed E-state index contributed by atoms with van der Waals surface area (Å²) in [6.07, 6.45) is 0. The number of hydrogen-bond donors (Lipinski definition) is 3. The second-order valence-corrected chi connectivity index (χ2v) is 8.16. The van der Waals surface area contributed by atoms with Crippen LogP contribution in [0.3, 0.4) is 0 Å². The summed E-state index contributed by atoms with van der Waals surface area (Å²) in [5, 5.41) is 31.5. The molecule has 0 fully saturated rings. The van der Waals surface area contributed by atoms with E-state index in [0.29, 0.717) is 4.78 Å². The Morgan fingerprint density at radius 2 is 1.90 bits per heavy atom. The first-order valence-corrected chi connectivity index (χ1v) is 10.0. The number of aryl methyl sites for hydroxylation is 1. The third-order valence-electron chi connectivity index (χ3n) is 4.98. The number of benzene rings is 2. The van der Waals surface area contributed by atoms with Gasteiger partial charge >= 0.3 is 7.12 Å². The van der Waals surface area contributed by atoms with Gasteiger partial charge in [-0.1, -0.05) is 48.5 Å². The normalized spacial score (nSPS) is 12.2. The van der Waals surface area contributed by atoms with E-state index in [2.05, 4.69) is 4.98 Å². The van der Waals surface area contributed by atoms with Crippen molar-refractivity contribution in [2.45, 2.75) is 12.8 Å². The van der Waals surface area contributed by atoms with Gasteiger partial charge in [-0.25, -0.2) is 0 Å². The standard InChI is InChI=1S/C21H19BN2O4S/c1-13-7-8-15-17(11-13)23-21(14-5-3-2-4-6-14)20(15)16(12-24(27)28)18-9-10-19(29-18)22(25)26/h2-11,16,23,25-26H,12H2,1H3. The summed E-state index contributed by atoms with van der Waals surface area (Å²) >= 11 is 1.19. The van der Waals surface area contributed by atoms with Gasteiger partial charge < -0.3 is 15.0 Å². The summed E-state index contributed by atoms with van der Waals surface area (Å²) in [6, 6.07) is 19.1. The minimum absolute atomic E-state index is 0.290. The van der Waals surface area contributed by atoms with Crippen LogP contribution >= 0.6 is 11.3 Å². The van der Waals surface area contributed by atoms with Crippen LogP contribution in [0.15, 0.2) is 60.7 Å². The van der Waals surface area contributed by atoms with E-state index in [0.717, 1.165) is 38.2 Å². The lowest BCUT2D eigenvalue weighted by Gasteiger charge is -2.14. The number of fused-ring (bicyclic) bond motifs is 1. The smallest absolute Gasteiger partial charge is 0.423 e. The average Bonchev–Trinajstić information content (AvgIpc) is 3.32. The molecule has 0 aliphatic heterocycles. The molecule has 0 bridgehead atoms. The van der Waals surface area contributed by atoms with Gasteiger partial charge in [-0.15, -0.1) is 11.3 Å². The quantitative estimate of drug-likeness (QED) is 0.260. The topological polar surface area (TPSA) is 99.4 Å². The van der Waals surface area contributed by atoms with Gasteiger partial charge in [0.25, 0.3) is 0 Å². The van der Waals surface area contributed by atoms with Gasteiger partial charge in [0.05, 0.1) is 11.6 Å².